The number of rotatable bonds is 7. The molecule has 122 valence electrons. The van der Waals surface area contributed by atoms with E-state index in [9.17, 15) is 0 Å². The second-order valence-corrected chi connectivity index (χ2v) is 7.54. The first-order valence-corrected chi connectivity index (χ1v) is 8.87. The molecule has 23 heavy (non-hydrogen) atoms. The van der Waals surface area contributed by atoms with E-state index in [0.717, 1.165) is 23.7 Å². The number of pyridine rings is 1. The van der Waals surface area contributed by atoms with Gasteiger partial charge < -0.3 is 5.32 Å². The van der Waals surface area contributed by atoms with E-state index in [1.807, 2.05) is 18.3 Å². The van der Waals surface area contributed by atoms with E-state index in [1.165, 1.54) is 18.4 Å². The summed E-state index contributed by atoms with van der Waals surface area (Å²) in [7, 11) is 0. The van der Waals surface area contributed by atoms with Crippen LogP contribution in [0.15, 0.2) is 48.7 Å². The van der Waals surface area contributed by atoms with Gasteiger partial charge in [-0.2, -0.15) is 0 Å². The number of aromatic nitrogens is 1. The SMILES string of the molecule is CC(C)CC(NCC1(c2cccc(Cl)c2)CC1)c1ccccn1. The number of nitrogens with zero attached hydrogens (tertiary/aromatic N) is 1. The van der Waals surface area contributed by atoms with Gasteiger partial charge in [-0.15, -0.1) is 0 Å². The van der Waals surface area contributed by atoms with Crippen LogP contribution in [0.5, 0.6) is 0 Å². The molecule has 1 aromatic heterocycles. The van der Waals surface area contributed by atoms with Crippen LogP contribution < -0.4 is 5.32 Å². The quantitative estimate of drug-likeness (QED) is 0.760. The van der Waals surface area contributed by atoms with Gasteiger partial charge in [-0.25, -0.2) is 0 Å². The third kappa shape index (κ3) is 4.13. The number of benzene rings is 1. The van der Waals surface area contributed by atoms with E-state index in [-0.39, 0.29) is 5.41 Å². The Bertz CT molecular complexity index is 635. The second kappa shape index (κ2) is 7.02. The zero-order valence-electron chi connectivity index (χ0n) is 13.9. The third-order valence-corrected chi connectivity index (χ3v) is 4.96. The third-order valence-electron chi connectivity index (χ3n) is 4.73. The van der Waals surface area contributed by atoms with Crippen LogP contribution in [-0.2, 0) is 5.41 Å². The molecule has 2 aromatic rings. The molecule has 1 aliphatic rings. The molecule has 2 nitrogen and oxygen atoms in total. The Morgan fingerprint density at radius 2 is 2.00 bits per heavy atom. The lowest BCUT2D eigenvalue weighted by Crippen LogP contribution is -2.31. The number of nitrogens with one attached hydrogen (secondary N) is 1. The van der Waals surface area contributed by atoms with E-state index in [0.29, 0.717) is 12.0 Å². The molecular formula is C20H25ClN2. The van der Waals surface area contributed by atoms with E-state index < -0.39 is 0 Å². The fourth-order valence-corrected chi connectivity index (χ4v) is 3.41. The van der Waals surface area contributed by atoms with Crippen LogP contribution in [0.4, 0.5) is 0 Å². The molecule has 3 rings (SSSR count). The number of hydrogen-bond donors (Lipinski definition) is 1. The molecule has 1 unspecified atom stereocenters. The summed E-state index contributed by atoms with van der Waals surface area (Å²) < 4.78 is 0. The average molecular weight is 329 g/mol. The van der Waals surface area contributed by atoms with Gasteiger partial charge in [-0.05, 0) is 55.0 Å². The Morgan fingerprint density at radius 1 is 1.17 bits per heavy atom. The van der Waals surface area contributed by atoms with Gasteiger partial charge >= 0.3 is 0 Å². The van der Waals surface area contributed by atoms with E-state index in [2.05, 4.69) is 54.5 Å². The first kappa shape index (κ1) is 16.5. The van der Waals surface area contributed by atoms with Crippen LogP contribution in [0.1, 0.15) is 50.4 Å². The monoisotopic (exact) mass is 328 g/mol. The van der Waals surface area contributed by atoms with Gasteiger partial charge in [0.25, 0.3) is 0 Å². The first-order chi connectivity index (χ1) is 11.1. The maximum Gasteiger partial charge on any atom is 0.0573 e. The molecule has 1 heterocycles. The van der Waals surface area contributed by atoms with E-state index in [1.54, 1.807) is 0 Å². The van der Waals surface area contributed by atoms with Crippen molar-refractivity contribution in [3.05, 3.63) is 64.9 Å². The van der Waals surface area contributed by atoms with Crippen LogP contribution in [0.25, 0.3) is 0 Å². The predicted molar refractivity (Wildman–Crippen MR) is 96.8 cm³/mol. The Morgan fingerprint density at radius 3 is 2.61 bits per heavy atom. The molecular weight excluding hydrogens is 304 g/mol. The van der Waals surface area contributed by atoms with Crippen molar-refractivity contribution >= 4 is 11.6 Å². The highest BCUT2D eigenvalue weighted by Gasteiger charge is 2.44. The second-order valence-electron chi connectivity index (χ2n) is 7.11. The topological polar surface area (TPSA) is 24.9 Å². The Balaban J connectivity index is 1.71. The molecule has 0 bridgehead atoms. The lowest BCUT2D eigenvalue weighted by Gasteiger charge is -2.24. The highest BCUT2D eigenvalue weighted by atomic mass is 35.5. The summed E-state index contributed by atoms with van der Waals surface area (Å²) in [5.41, 5.74) is 2.76. The van der Waals surface area contributed by atoms with Gasteiger partial charge in [0.2, 0.25) is 0 Å². The van der Waals surface area contributed by atoms with Crippen molar-refractivity contribution < 1.29 is 0 Å². The molecule has 3 heteroatoms. The fraction of sp³-hybridized carbons (Fsp3) is 0.450. The summed E-state index contributed by atoms with van der Waals surface area (Å²) in [4.78, 5) is 4.56. The molecule has 0 radical (unpaired) electrons. The van der Waals surface area contributed by atoms with Crippen LogP contribution >= 0.6 is 11.6 Å². The van der Waals surface area contributed by atoms with Gasteiger partial charge in [0.15, 0.2) is 0 Å². The molecule has 1 atom stereocenters. The van der Waals surface area contributed by atoms with E-state index >= 15 is 0 Å². The van der Waals surface area contributed by atoms with E-state index in [4.69, 9.17) is 11.6 Å². The molecule has 0 aliphatic heterocycles. The minimum absolute atomic E-state index is 0.259. The number of halogens is 1. The minimum atomic E-state index is 0.259. The Kier molecular flexibility index (Phi) is 5.03. The molecule has 1 fully saturated rings. The zero-order chi connectivity index (χ0) is 16.3. The van der Waals surface area contributed by atoms with Crippen LogP contribution in [0, 0.1) is 5.92 Å². The Hall–Kier alpha value is -1.38. The molecule has 0 spiro atoms. The largest absolute Gasteiger partial charge is 0.308 e. The smallest absolute Gasteiger partial charge is 0.0573 e. The van der Waals surface area contributed by atoms with Crippen molar-refractivity contribution in [1.29, 1.82) is 0 Å². The Labute approximate surface area is 144 Å². The summed E-state index contributed by atoms with van der Waals surface area (Å²) >= 11 is 6.18. The highest BCUT2D eigenvalue weighted by Crippen LogP contribution is 2.48. The lowest BCUT2D eigenvalue weighted by molar-refractivity contribution is 0.404. The summed E-state index contributed by atoms with van der Waals surface area (Å²) in [5, 5.41) is 4.61. The maximum absolute atomic E-state index is 6.18. The predicted octanol–water partition coefficient (Wildman–Crippen LogP) is 5.14. The van der Waals surface area contributed by atoms with Gasteiger partial charge in [-0.3, -0.25) is 4.98 Å². The van der Waals surface area contributed by atoms with Crippen LogP contribution in [0.3, 0.4) is 0 Å². The molecule has 1 N–H and O–H groups in total. The van der Waals surface area contributed by atoms with Gasteiger partial charge in [0.05, 0.1) is 5.69 Å². The molecule has 1 saturated carbocycles. The lowest BCUT2D eigenvalue weighted by atomic mass is 9.94. The molecule has 1 aromatic carbocycles. The molecule has 0 amide bonds. The summed E-state index contributed by atoms with van der Waals surface area (Å²) in [6, 6.07) is 14.8. The van der Waals surface area contributed by atoms with Gasteiger partial charge in [0.1, 0.15) is 0 Å². The minimum Gasteiger partial charge on any atom is -0.308 e. The van der Waals surface area contributed by atoms with Crippen LogP contribution in [-0.4, -0.2) is 11.5 Å². The van der Waals surface area contributed by atoms with Gasteiger partial charge in [-0.1, -0.05) is 43.6 Å². The van der Waals surface area contributed by atoms with Crippen molar-refractivity contribution in [1.82, 2.24) is 10.3 Å². The van der Waals surface area contributed by atoms with Crippen LogP contribution in [0.2, 0.25) is 5.02 Å². The van der Waals surface area contributed by atoms with Crippen molar-refractivity contribution in [3.8, 4) is 0 Å². The average Bonchev–Trinajstić information content (AvgIpc) is 3.33. The fourth-order valence-electron chi connectivity index (χ4n) is 3.22. The summed E-state index contributed by atoms with van der Waals surface area (Å²) in [5.74, 6) is 0.635. The normalized spacial score (nSPS) is 17.2. The summed E-state index contributed by atoms with van der Waals surface area (Å²) in [6.07, 6.45) is 5.45. The molecule has 1 aliphatic carbocycles. The van der Waals surface area contributed by atoms with Gasteiger partial charge in [0, 0.05) is 29.2 Å². The van der Waals surface area contributed by atoms with Crippen molar-refractivity contribution in [3.63, 3.8) is 0 Å². The molecule has 0 saturated heterocycles. The number of hydrogen-bond acceptors (Lipinski definition) is 2. The first-order valence-electron chi connectivity index (χ1n) is 8.49. The maximum atomic E-state index is 6.18. The van der Waals surface area contributed by atoms with Crippen molar-refractivity contribution in [2.75, 3.05) is 6.54 Å². The summed E-state index contributed by atoms with van der Waals surface area (Å²) in [6.45, 7) is 5.52. The standard InChI is InChI=1S/C20H25ClN2/c1-15(2)12-19(18-8-3-4-11-22-18)23-14-20(9-10-20)16-6-5-7-17(21)13-16/h3-8,11,13,15,19,23H,9-10,12,14H2,1-2H3. The van der Waals surface area contributed by atoms with Crippen molar-refractivity contribution in [2.45, 2.75) is 44.6 Å². The highest BCUT2D eigenvalue weighted by molar-refractivity contribution is 6.30. The zero-order valence-corrected chi connectivity index (χ0v) is 14.7. The van der Waals surface area contributed by atoms with Crippen molar-refractivity contribution in [2.24, 2.45) is 5.92 Å².